The van der Waals surface area contributed by atoms with E-state index >= 15 is 0 Å². The molecule has 3 heteroatoms. The maximum Gasteiger partial charge on any atom is 0.344 e. The summed E-state index contributed by atoms with van der Waals surface area (Å²) in [6.07, 6.45) is 0. The second-order valence-electron chi connectivity index (χ2n) is 5.49. The van der Waals surface area contributed by atoms with Crippen LogP contribution in [0.3, 0.4) is 0 Å². The maximum atomic E-state index is 11.3. The highest BCUT2D eigenvalue weighted by Crippen LogP contribution is 2.23. The molecular weight excluding hydrogens is 212 g/mol. The number of benzene rings is 1. The van der Waals surface area contributed by atoms with Crippen LogP contribution in [0, 0.1) is 5.41 Å². The second kappa shape index (κ2) is 3.99. The summed E-state index contributed by atoms with van der Waals surface area (Å²) in [6, 6.07) is 10.1. The van der Waals surface area contributed by atoms with Gasteiger partial charge in [-0.3, -0.25) is 4.79 Å². The molecular formula is C14H19N2O+. The third kappa shape index (κ3) is 2.09. The molecule has 1 aromatic rings. The predicted octanol–water partition coefficient (Wildman–Crippen LogP) is 1.97. The van der Waals surface area contributed by atoms with Crippen LogP contribution in [0.5, 0.6) is 0 Å². The van der Waals surface area contributed by atoms with E-state index in [0.717, 1.165) is 11.3 Å². The predicted molar refractivity (Wildman–Crippen MR) is 67.9 cm³/mol. The van der Waals surface area contributed by atoms with Crippen molar-refractivity contribution in [1.82, 2.24) is 5.43 Å². The largest absolute Gasteiger partial charge is 0.344 e. The van der Waals surface area contributed by atoms with E-state index in [1.54, 1.807) is 0 Å². The van der Waals surface area contributed by atoms with Gasteiger partial charge in [-0.2, -0.15) is 0 Å². The maximum absolute atomic E-state index is 11.3. The fourth-order valence-electron chi connectivity index (χ4n) is 2.14. The molecule has 3 nitrogen and oxygen atoms in total. The third-order valence-corrected chi connectivity index (χ3v) is 3.00. The van der Waals surface area contributed by atoms with Crippen LogP contribution < -0.4 is 5.43 Å². The first-order valence-corrected chi connectivity index (χ1v) is 5.94. The molecule has 0 spiro atoms. The Hall–Kier alpha value is -1.64. The molecule has 0 saturated carbocycles. The van der Waals surface area contributed by atoms with E-state index in [4.69, 9.17) is 0 Å². The highest BCUT2D eigenvalue weighted by molar-refractivity contribution is 6.02. The molecule has 1 aromatic carbocycles. The van der Waals surface area contributed by atoms with Crippen LogP contribution in [0.4, 0.5) is 0 Å². The van der Waals surface area contributed by atoms with Crippen LogP contribution in [-0.4, -0.2) is 22.3 Å². The van der Waals surface area contributed by atoms with Crippen molar-refractivity contribution >= 4 is 11.6 Å². The Morgan fingerprint density at radius 1 is 1.24 bits per heavy atom. The third-order valence-electron chi connectivity index (χ3n) is 3.00. The Balaban J connectivity index is 2.52. The number of carbonyl (C=O) groups excluding carboxylic acids is 1. The van der Waals surface area contributed by atoms with E-state index in [2.05, 4.69) is 38.3 Å². The minimum Gasteiger partial charge on any atom is -0.261 e. The van der Waals surface area contributed by atoms with Crippen LogP contribution in [0.25, 0.3) is 0 Å². The molecule has 1 atom stereocenters. The molecule has 0 radical (unpaired) electrons. The smallest absolute Gasteiger partial charge is 0.261 e. The molecule has 1 N–H and O–H groups in total. The van der Waals surface area contributed by atoms with E-state index in [-0.39, 0.29) is 17.4 Å². The standard InChI is InChI=1S/C14H18N2O/c1-10-13(17)15-16(10)12(14(2,3)4)11-8-6-5-7-9-11/h5-10H,1-4H3/p+1. The van der Waals surface area contributed by atoms with Crippen molar-refractivity contribution < 1.29 is 9.48 Å². The molecule has 1 amide bonds. The lowest BCUT2D eigenvalue weighted by molar-refractivity contribution is -0.637. The zero-order chi connectivity index (χ0) is 12.6. The molecule has 1 heterocycles. The zero-order valence-electron chi connectivity index (χ0n) is 10.8. The summed E-state index contributed by atoms with van der Waals surface area (Å²) < 4.78 is 1.97. The van der Waals surface area contributed by atoms with Crippen LogP contribution >= 0.6 is 0 Å². The Kier molecular flexibility index (Phi) is 2.77. The molecule has 0 aromatic heterocycles. The molecule has 1 saturated heterocycles. The molecule has 1 unspecified atom stereocenters. The van der Waals surface area contributed by atoms with E-state index in [0.29, 0.717) is 0 Å². The normalized spacial score (nSPS) is 22.8. The van der Waals surface area contributed by atoms with Crippen molar-refractivity contribution in [2.75, 3.05) is 0 Å². The molecule has 0 aliphatic carbocycles. The van der Waals surface area contributed by atoms with Crippen molar-refractivity contribution in [3.63, 3.8) is 0 Å². The summed E-state index contributed by atoms with van der Waals surface area (Å²) in [5.74, 6) is 0.0858. The number of hydrogen-bond donors (Lipinski definition) is 1. The van der Waals surface area contributed by atoms with Crippen LogP contribution in [0.1, 0.15) is 33.3 Å². The monoisotopic (exact) mass is 231 g/mol. The molecule has 1 fully saturated rings. The van der Waals surface area contributed by atoms with E-state index in [9.17, 15) is 4.79 Å². The number of carbonyl (C=O) groups is 1. The summed E-state index contributed by atoms with van der Waals surface area (Å²) in [5, 5.41) is 0. The minimum atomic E-state index is -0.0792. The number of hydrogen-bond acceptors (Lipinski definition) is 1. The quantitative estimate of drug-likeness (QED) is 0.736. The highest BCUT2D eigenvalue weighted by atomic mass is 16.2. The Morgan fingerprint density at radius 3 is 2.24 bits per heavy atom. The summed E-state index contributed by atoms with van der Waals surface area (Å²) in [4.78, 5) is 11.3. The lowest BCUT2D eigenvalue weighted by Crippen LogP contribution is -2.63. The number of hydrazine groups is 1. The Morgan fingerprint density at radius 2 is 1.82 bits per heavy atom. The van der Waals surface area contributed by atoms with Gasteiger partial charge < -0.3 is 0 Å². The van der Waals surface area contributed by atoms with Crippen LogP contribution in [0.2, 0.25) is 0 Å². The molecule has 17 heavy (non-hydrogen) atoms. The number of hydrazone groups is 1. The Labute approximate surface area is 102 Å². The number of amides is 1. The zero-order valence-corrected chi connectivity index (χ0v) is 10.8. The van der Waals surface area contributed by atoms with Gasteiger partial charge in [-0.1, -0.05) is 43.7 Å². The first-order chi connectivity index (χ1) is 7.91. The van der Waals surface area contributed by atoms with Gasteiger partial charge >= 0.3 is 5.91 Å². The van der Waals surface area contributed by atoms with Gasteiger partial charge in [-0.05, 0) is 12.1 Å². The van der Waals surface area contributed by atoms with Gasteiger partial charge in [-0.25, -0.2) is 0 Å². The molecule has 1 aliphatic heterocycles. The first kappa shape index (κ1) is 11.8. The molecule has 0 bridgehead atoms. The van der Waals surface area contributed by atoms with E-state index < -0.39 is 0 Å². The fraction of sp³-hybridized carbons (Fsp3) is 0.429. The van der Waals surface area contributed by atoms with Crippen molar-refractivity contribution in [2.24, 2.45) is 5.41 Å². The Bertz CT molecular complexity index is 469. The van der Waals surface area contributed by atoms with Gasteiger partial charge in [0, 0.05) is 17.9 Å². The van der Waals surface area contributed by atoms with Gasteiger partial charge in [0.15, 0.2) is 0 Å². The topological polar surface area (TPSA) is 32.1 Å². The van der Waals surface area contributed by atoms with Crippen molar-refractivity contribution in [1.29, 1.82) is 0 Å². The second-order valence-corrected chi connectivity index (χ2v) is 5.49. The fourth-order valence-corrected chi connectivity index (χ4v) is 2.14. The van der Waals surface area contributed by atoms with Gasteiger partial charge in [0.05, 0.1) is 0 Å². The summed E-state index contributed by atoms with van der Waals surface area (Å²) >= 11 is 0. The van der Waals surface area contributed by atoms with Crippen LogP contribution in [-0.2, 0) is 4.79 Å². The molecule has 2 rings (SSSR count). The average molecular weight is 231 g/mol. The summed E-state index contributed by atoms with van der Waals surface area (Å²) in [7, 11) is 0. The van der Waals surface area contributed by atoms with E-state index in [1.165, 1.54) is 0 Å². The number of nitrogens with zero attached hydrogens (tertiary/aromatic N) is 1. The summed E-state index contributed by atoms with van der Waals surface area (Å²) in [6.45, 7) is 8.40. The van der Waals surface area contributed by atoms with Crippen LogP contribution in [0.15, 0.2) is 30.3 Å². The minimum absolute atomic E-state index is 0.0106. The lowest BCUT2D eigenvalue weighted by Gasteiger charge is -2.27. The van der Waals surface area contributed by atoms with Gasteiger partial charge in [0.1, 0.15) is 0 Å². The van der Waals surface area contributed by atoms with Gasteiger partial charge in [0.2, 0.25) is 5.71 Å². The van der Waals surface area contributed by atoms with Crippen molar-refractivity contribution in [2.45, 2.75) is 33.7 Å². The highest BCUT2D eigenvalue weighted by Gasteiger charge is 2.45. The average Bonchev–Trinajstić information content (AvgIpc) is 2.28. The van der Waals surface area contributed by atoms with Gasteiger partial charge in [-0.15, -0.1) is 5.43 Å². The molecule has 90 valence electrons. The number of rotatable bonds is 1. The SMILES string of the molecule is CC1C(=O)N[N+]1=C(c1ccccc1)C(C)(C)C. The number of nitrogens with one attached hydrogen (secondary N) is 1. The summed E-state index contributed by atoms with van der Waals surface area (Å²) in [5.41, 5.74) is 5.16. The van der Waals surface area contributed by atoms with E-state index in [1.807, 2.05) is 29.8 Å². The van der Waals surface area contributed by atoms with Crippen molar-refractivity contribution in [3.05, 3.63) is 35.9 Å². The van der Waals surface area contributed by atoms with Crippen molar-refractivity contribution in [3.8, 4) is 0 Å². The first-order valence-electron chi connectivity index (χ1n) is 5.94. The lowest BCUT2D eigenvalue weighted by atomic mass is 9.84. The molecule has 1 aliphatic rings. The van der Waals surface area contributed by atoms with Gasteiger partial charge in [0.25, 0.3) is 6.04 Å².